The second-order valence-electron chi connectivity index (χ2n) is 4.47. The van der Waals surface area contributed by atoms with Crippen molar-refractivity contribution in [1.29, 1.82) is 0 Å². The van der Waals surface area contributed by atoms with E-state index in [2.05, 4.69) is 0 Å². The fraction of sp³-hybridized carbons (Fsp3) is 0.889. The maximum absolute atomic E-state index is 12.1. The predicted molar refractivity (Wildman–Crippen MR) is 74.6 cm³/mol. The SMILES string of the molecule is CS(=O)(=O)CCS(=O)(=O)N1CCCCC1C(N)=S. The van der Waals surface area contributed by atoms with Crippen LogP contribution in [0.15, 0.2) is 0 Å². The van der Waals surface area contributed by atoms with Crippen LogP contribution < -0.4 is 5.73 Å². The number of hydrogen-bond donors (Lipinski definition) is 1. The van der Waals surface area contributed by atoms with Crippen molar-refractivity contribution in [2.75, 3.05) is 24.3 Å². The molecule has 1 fully saturated rings. The molecule has 0 aromatic carbocycles. The molecular formula is C9H18N2O4S3. The number of hydrogen-bond acceptors (Lipinski definition) is 5. The standard InChI is InChI=1S/C9H18N2O4S3/c1-17(12,13)6-7-18(14,15)11-5-3-2-4-8(11)9(10)16/h8H,2-7H2,1H3,(H2,10,16). The quantitative estimate of drug-likeness (QED) is 0.687. The second kappa shape index (κ2) is 5.81. The van der Waals surface area contributed by atoms with E-state index in [1.807, 2.05) is 0 Å². The number of piperidine rings is 1. The zero-order chi connectivity index (χ0) is 14.0. The van der Waals surface area contributed by atoms with E-state index in [4.69, 9.17) is 18.0 Å². The second-order valence-corrected chi connectivity index (χ2v) is 9.24. The van der Waals surface area contributed by atoms with Crippen LogP contribution >= 0.6 is 12.2 Å². The molecule has 0 spiro atoms. The van der Waals surface area contributed by atoms with E-state index in [0.717, 1.165) is 19.1 Å². The lowest BCUT2D eigenvalue weighted by Crippen LogP contribution is -2.50. The number of nitrogens with zero attached hydrogens (tertiary/aromatic N) is 1. The van der Waals surface area contributed by atoms with E-state index >= 15 is 0 Å². The average molecular weight is 314 g/mol. The van der Waals surface area contributed by atoms with E-state index in [-0.39, 0.29) is 10.7 Å². The van der Waals surface area contributed by atoms with Gasteiger partial charge >= 0.3 is 0 Å². The Kier molecular flexibility index (Phi) is 5.10. The first-order valence-electron chi connectivity index (χ1n) is 5.60. The molecule has 1 aliphatic heterocycles. The summed E-state index contributed by atoms with van der Waals surface area (Å²) < 4.78 is 47.5. The number of sulfonamides is 1. The van der Waals surface area contributed by atoms with Crippen molar-refractivity contribution in [2.45, 2.75) is 25.3 Å². The molecule has 106 valence electrons. The minimum absolute atomic E-state index is 0.151. The molecule has 1 rings (SSSR count). The lowest BCUT2D eigenvalue weighted by molar-refractivity contribution is 0.307. The minimum atomic E-state index is -3.62. The maximum Gasteiger partial charge on any atom is 0.215 e. The summed E-state index contributed by atoms with van der Waals surface area (Å²) in [5.41, 5.74) is 5.54. The van der Waals surface area contributed by atoms with Gasteiger partial charge in [-0.2, -0.15) is 4.31 Å². The number of sulfone groups is 1. The molecule has 0 saturated carbocycles. The van der Waals surface area contributed by atoms with Crippen molar-refractivity contribution in [3.63, 3.8) is 0 Å². The van der Waals surface area contributed by atoms with Gasteiger partial charge in [0, 0.05) is 12.8 Å². The molecule has 1 saturated heterocycles. The molecule has 0 radical (unpaired) electrons. The van der Waals surface area contributed by atoms with Gasteiger partial charge < -0.3 is 5.73 Å². The van der Waals surface area contributed by atoms with Crippen LogP contribution in [-0.4, -0.2) is 56.5 Å². The van der Waals surface area contributed by atoms with E-state index in [9.17, 15) is 16.8 Å². The lowest BCUT2D eigenvalue weighted by Gasteiger charge is -2.33. The van der Waals surface area contributed by atoms with Gasteiger partial charge in [0.25, 0.3) is 0 Å². The normalized spacial score (nSPS) is 22.8. The van der Waals surface area contributed by atoms with Crippen LogP contribution in [-0.2, 0) is 19.9 Å². The zero-order valence-corrected chi connectivity index (χ0v) is 12.7. The van der Waals surface area contributed by atoms with Crippen LogP contribution in [0.25, 0.3) is 0 Å². The summed E-state index contributed by atoms with van der Waals surface area (Å²) in [5.74, 6) is -0.791. The first-order chi connectivity index (χ1) is 8.13. The van der Waals surface area contributed by atoms with Crippen molar-refractivity contribution in [3.8, 4) is 0 Å². The fourth-order valence-corrected chi connectivity index (χ4v) is 5.51. The highest BCUT2D eigenvalue weighted by atomic mass is 32.2. The van der Waals surface area contributed by atoms with Gasteiger partial charge in [-0.05, 0) is 12.8 Å². The van der Waals surface area contributed by atoms with Crippen molar-refractivity contribution in [2.24, 2.45) is 5.73 Å². The average Bonchev–Trinajstić information content (AvgIpc) is 2.26. The molecule has 0 aromatic heterocycles. The van der Waals surface area contributed by atoms with E-state index in [1.165, 1.54) is 4.31 Å². The number of rotatable bonds is 5. The van der Waals surface area contributed by atoms with Crippen molar-refractivity contribution in [3.05, 3.63) is 0 Å². The van der Waals surface area contributed by atoms with Gasteiger partial charge in [0.15, 0.2) is 0 Å². The van der Waals surface area contributed by atoms with E-state index in [1.54, 1.807) is 0 Å². The van der Waals surface area contributed by atoms with Crippen LogP contribution in [0.3, 0.4) is 0 Å². The number of nitrogens with two attached hydrogens (primary N) is 1. The third-order valence-electron chi connectivity index (χ3n) is 2.85. The van der Waals surface area contributed by atoms with Gasteiger partial charge in [-0.1, -0.05) is 18.6 Å². The topological polar surface area (TPSA) is 97.5 Å². The summed E-state index contributed by atoms with van der Waals surface area (Å²) in [4.78, 5) is 0.151. The van der Waals surface area contributed by atoms with Gasteiger partial charge in [-0.15, -0.1) is 0 Å². The highest BCUT2D eigenvalue weighted by Gasteiger charge is 2.34. The molecule has 9 heteroatoms. The highest BCUT2D eigenvalue weighted by Crippen LogP contribution is 2.21. The molecule has 0 amide bonds. The molecule has 0 aliphatic carbocycles. The first-order valence-corrected chi connectivity index (χ1v) is 9.68. The first kappa shape index (κ1) is 15.8. The minimum Gasteiger partial charge on any atom is -0.392 e. The Balaban J connectivity index is 2.85. The summed E-state index contributed by atoms with van der Waals surface area (Å²) in [6, 6.07) is -0.474. The van der Waals surface area contributed by atoms with Crippen LogP contribution in [0.2, 0.25) is 0 Å². The molecule has 1 heterocycles. The Morgan fingerprint density at radius 3 is 2.39 bits per heavy atom. The largest absolute Gasteiger partial charge is 0.392 e. The van der Waals surface area contributed by atoms with Crippen LogP contribution in [0.4, 0.5) is 0 Å². The van der Waals surface area contributed by atoms with Gasteiger partial charge in [0.1, 0.15) is 9.84 Å². The molecule has 0 bridgehead atoms. The predicted octanol–water partition coefficient (Wildman–Crippen LogP) is -0.499. The lowest BCUT2D eigenvalue weighted by atomic mass is 10.1. The summed E-state index contributed by atoms with van der Waals surface area (Å²) in [5, 5.41) is 0. The van der Waals surface area contributed by atoms with E-state index in [0.29, 0.717) is 13.0 Å². The maximum atomic E-state index is 12.1. The summed E-state index contributed by atoms with van der Waals surface area (Å²) in [6.07, 6.45) is 3.24. The highest BCUT2D eigenvalue weighted by molar-refractivity contribution is 7.93. The van der Waals surface area contributed by atoms with Crippen LogP contribution in [0.5, 0.6) is 0 Å². The molecule has 6 nitrogen and oxygen atoms in total. The fourth-order valence-electron chi connectivity index (χ4n) is 1.90. The molecule has 1 atom stereocenters. The Bertz CT molecular complexity index is 512. The zero-order valence-electron chi connectivity index (χ0n) is 10.2. The molecular weight excluding hydrogens is 296 g/mol. The molecule has 1 unspecified atom stereocenters. The Morgan fingerprint density at radius 1 is 1.28 bits per heavy atom. The third kappa shape index (κ3) is 4.45. The van der Waals surface area contributed by atoms with Crippen molar-refractivity contribution < 1.29 is 16.8 Å². The Labute approximate surface area is 113 Å². The monoisotopic (exact) mass is 314 g/mol. The summed E-state index contributed by atoms with van der Waals surface area (Å²) >= 11 is 4.87. The number of thiocarbonyl (C=S) groups is 1. The van der Waals surface area contributed by atoms with Crippen molar-refractivity contribution >= 4 is 37.1 Å². The third-order valence-corrected chi connectivity index (χ3v) is 6.20. The van der Waals surface area contributed by atoms with Gasteiger partial charge in [-0.3, -0.25) is 0 Å². The molecule has 0 aromatic rings. The Hall–Kier alpha value is -0.250. The summed E-state index contributed by atoms with van der Waals surface area (Å²) in [7, 11) is -6.93. The molecule has 1 aliphatic rings. The Morgan fingerprint density at radius 2 is 1.89 bits per heavy atom. The van der Waals surface area contributed by atoms with Crippen LogP contribution in [0, 0.1) is 0 Å². The van der Waals surface area contributed by atoms with Crippen LogP contribution in [0.1, 0.15) is 19.3 Å². The van der Waals surface area contributed by atoms with Gasteiger partial charge in [-0.25, -0.2) is 16.8 Å². The van der Waals surface area contributed by atoms with Crippen molar-refractivity contribution in [1.82, 2.24) is 4.31 Å². The van der Waals surface area contributed by atoms with Gasteiger partial charge in [0.05, 0.1) is 22.5 Å². The summed E-state index contributed by atoms with van der Waals surface area (Å²) in [6.45, 7) is 0.355. The van der Waals surface area contributed by atoms with E-state index < -0.39 is 31.7 Å². The molecule has 2 N–H and O–H groups in total. The molecule has 18 heavy (non-hydrogen) atoms. The smallest absolute Gasteiger partial charge is 0.215 e. The van der Waals surface area contributed by atoms with Gasteiger partial charge in [0.2, 0.25) is 10.0 Å².